The molecule has 104 valence electrons. The maximum Gasteiger partial charge on any atom is 0.194 e. The number of halogens is 3. The van der Waals surface area contributed by atoms with Crippen LogP contribution in [-0.4, -0.2) is 13.2 Å². The van der Waals surface area contributed by atoms with E-state index in [1.807, 2.05) is 6.92 Å². The van der Waals surface area contributed by atoms with Gasteiger partial charge in [-0.3, -0.25) is 0 Å². The Balaban J connectivity index is 2.35. The highest BCUT2D eigenvalue weighted by Gasteiger charge is 2.21. The highest BCUT2D eigenvalue weighted by Crippen LogP contribution is 2.29. The van der Waals surface area contributed by atoms with Gasteiger partial charge in [0.25, 0.3) is 0 Å². The van der Waals surface area contributed by atoms with Crippen molar-refractivity contribution in [3.8, 4) is 0 Å². The average molecular weight is 271 g/mol. The molecule has 0 radical (unpaired) electrons. The van der Waals surface area contributed by atoms with E-state index in [1.54, 1.807) is 6.26 Å². The van der Waals surface area contributed by atoms with Crippen molar-refractivity contribution in [2.24, 2.45) is 0 Å². The Kier molecular flexibility index (Phi) is 4.47. The first-order chi connectivity index (χ1) is 9.13. The van der Waals surface area contributed by atoms with E-state index in [-0.39, 0.29) is 6.04 Å². The molecule has 1 aromatic carbocycles. The predicted molar refractivity (Wildman–Crippen MR) is 66.0 cm³/mol. The molecule has 0 bridgehead atoms. The fraction of sp³-hybridized carbons (Fsp3) is 0.429. The molecule has 5 heteroatoms. The van der Waals surface area contributed by atoms with E-state index in [1.165, 1.54) is 0 Å². The Labute approximate surface area is 110 Å². The van der Waals surface area contributed by atoms with Crippen LogP contribution < -0.4 is 5.32 Å². The van der Waals surface area contributed by atoms with E-state index >= 15 is 0 Å². The molecule has 1 atom stereocenters. The van der Waals surface area contributed by atoms with Gasteiger partial charge in [-0.05, 0) is 42.7 Å². The van der Waals surface area contributed by atoms with Crippen molar-refractivity contribution in [1.82, 2.24) is 5.32 Å². The van der Waals surface area contributed by atoms with Crippen LogP contribution in [0.2, 0.25) is 0 Å². The van der Waals surface area contributed by atoms with Gasteiger partial charge in [0, 0.05) is 0 Å². The summed E-state index contributed by atoms with van der Waals surface area (Å²) in [5, 5.41) is 3.14. The number of hydrogen-bond donors (Lipinski definition) is 1. The highest BCUT2D eigenvalue weighted by atomic mass is 19.2. The van der Waals surface area contributed by atoms with Crippen molar-refractivity contribution in [2.45, 2.75) is 25.8 Å². The third-order valence-corrected chi connectivity index (χ3v) is 3.08. The van der Waals surface area contributed by atoms with E-state index in [0.29, 0.717) is 18.7 Å². The summed E-state index contributed by atoms with van der Waals surface area (Å²) in [5.41, 5.74) is 1.29. The van der Waals surface area contributed by atoms with Crippen LogP contribution in [-0.2, 0) is 4.74 Å². The summed E-state index contributed by atoms with van der Waals surface area (Å²) in [6.07, 6.45) is 3.27. The van der Waals surface area contributed by atoms with E-state index in [2.05, 4.69) is 5.32 Å². The van der Waals surface area contributed by atoms with Crippen LogP contribution in [0.15, 0.2) is 24.0 Å². The van der Waals surface area contributed by atoms with Gasteiger partial charge in [0.2, 0.25) is 0 Å². The van der Waals surface area contributed by atoms with E-state index < -0.39 is 17.5 Å². The summed E-state index contributed by atoms with van der Waals surface area (Å²) < 4.78 is 44.9. The van der Waals surface area contributed by atoms with Crippen LogP contribution in [0.25, 0.3) is 0 Å². The molecule has 1 N–H and O–H groups in total. The summed E-state index contributed by atoms with van der Waals surface area (Å²) in [5.74, 6) is -3.78. The predicted octanol–water partition coefficient (Wildman–Crippen LogP) is 3.45. The lowest BCUT2D eigenvalue weighted by Crippen LogP contribution is -2.24. The molecule has 1 aliphatic rings. The normalized spacial score (nSPS) is 16.7. The molecular formula is C14H16F3NO. The van der Waals surface area contributed by atoms with Crippen molar-refractivity contribution in [2.75, 3.05) is 13.2 Å². The second kappa shape index (κ2) is 6.10. The van der Waals surface area contributed by atoms with Gasteiger partial charge in [-0.1, -0.05) is 6.92 Å². The third-order valence-electron chi connectivity index (χ3n) is 3.08. The largest absolute Gasteiger partial charge is 0.501 e. The fourth-order valence-corrected chi connectivity index (χ4v) is 2.21. The van der Waals surface area contributed by atoms with Gasteiger partial charge < -0.3 is 10.1 Å². The number of rotatable bonds is 4. The number of benzene rings is 1. The Morgan fingerprint density at radius 3 is 2.47 bits per heavy atom. The zero-order valence-electron chi connectivity index (χ0n) is 10.7. The lowest BCUT2D eigenvalue weighted by Gasteiger charge is -2.24. The topological polar surface area (TPSA) is 21.3 Å². The van der Waals surface area contributed by atoms with Crippen LogP contribution in [0, 0.1) is 17.5 Å². The molecule has 1 aliphatic heterocycles. The van der Waals surface area contributed by atoms with Gasteiger partial charge in [-0.15, -0.1) is 0 Å². The van der Waals surface area contributed by atoms with Gasteiger partial charge >= 0.3 is 0 Å². The Bertz CT molecular complexity index is 465. The molecule has 1 unspecified atom stereocenters. The maximum atomic E-state index is 13.3. The molecule has 19 heavy (non-hydrogen) atoms. The van der Waals surface area contributed by atoms with Crippen LogP contribution in [0.5, 0.6) is 0 Å². The molecule has 0 amide bonds. The lowest BCUT2D eigenvalue weighted by atomic mass is 9.95. The van der Waals surface area contributed by atoms with Crippen LogP contribution in [0.1, 0.15) is 31.4 Å². The van der Waals surface area contributed by atoms with Crippen molar-refractivity contribution < 1.29 is 17.9 Å². The summed E-state index contributed by atoms with van der Waals surface area (Å²) in [6, 6.07) is 1.71. The van der Waals surface area contributed by atoms with E-state index in [0.717, 1.165) is 30.5 Å². The minimum atomic E-state index is -1.44. The minimum absolute atomic E-state index is 0.352. The van der Waals surface area contributed by atoms with Crippen LogP contribution in [0.4, 0.5) is 13.2 Å². The quantitative estimate of drug-likeness (QED) is 0.847. The second-order valence-electron chi connectivity index (χ2n) is 4.46. The van der Waals surface area contributed by atoms with Gasteiger partial charge in [-0.25, -0.2) is 13.2 Å². The number of ether oxygens (including phenoxy) is 1. The number of hydrogen-bond acceptors (Lipinski definition) is 2. The molecule has 0 fully saturated rings. The van der Waals surface area contributed by atoms with Crippen LogP contribution >= 0.6 is 0 Å². The van der Waals surface area contributed by atoms with Crippen molar-refractivity contribution in [3.05, 3.63) is 47.0 Å². The van der Waals surface area contributed by atoms with Crippen LogP contribution in [0.3, 0.4) is 0 Å². The zero-order valence-corrected chi connectivity index (χ0v) is 10.7. The standard InChI is InChI=1S/C14H16F3NO/c1-2-18-14(9-4-3-5-19-8-9)10-6-11(15)13(17)12(16)7-10/h6-8,14,18H,2-5H2,1H3. The third kappa shape index (κ3) is 3.10. The van der Waals surface area contributed by atoms with E-state index in [9.17, 15) is 13.2 Å². The molecule has 1 heterocycles. The van der Waals surface area contributed by atoms with Crippen molar-refractivity contribution in [1.29, 1.82) is 0 Å². The summed E-state index contributed by atoms with van der Waals surface area (Å²) in [4.78, 5) is 0. The van der Waals surface area contributed by atoms with Crippen molar-refractivity contribution >= 4 is 0 Å². The summed E-state index contributed by atoms with van der Waals surface area (Å²) >= 11 is 0. The minimum Gasteiger partial charge on any atom is -0.501 e. The zero-order chi connectivity index (χ0) is 13.8. The highest BCUT2D eigenvalue weighted by molar-refractivity contribution is 5.30. The molecule has 0 saturated heterocycles. The Morgan fingerprint density at radius 2 is 1.95 bits per heavy atom. The fourth-order valence-electron chi connectivity index (χ4n) is 2.21. The van der Waals surface area contributed by atoms with Crippen molar-refractivity contribution in [3.63, 3.8) is 0 Å². The molecule has 1 aromatic rings. The molecule has 0 aliphatic carbocycles. The van der Waals surface area contributed by atoms with Gasteiger partial charge in [-0.2, -0.15) is 0 Å². The van der Waals surface area contributed by atoms with Gasteiger partial charge in [0.15, 0.2) is 17.5 Å². The SMILES string of the molecule is CCNC(C1=COCCC1)c1cc(F)c(F)c(F)c1. The first-order valence-electron chi connectivity index (χ1n) is 6.31. The lowest BCUT2D eigenvalue weighted by molar-refractivity contribution is 0.219. The molecular weight excluding hydrogens is 255 g/mol. The molecule has 2 rings (SSSR count). The van der Waals surface area contributed by atoms with Gasteiger partial charge in [0.1, 0.15) is 0 Å². The summed E-state index contributed by atoms with van der Waals surface area (Å²) in [7, 11) is 0. The molecule has 2 nitrogen and oxygen atoms in total. The smallest absolute Gasteiger partial charge is 0.194 e. The first-order valence-corrected chi connectivity index (χ1v) is 6.31. The second-order valence-corrected chi connectivity index (χ2v) is 4.46. The monoisotopic (exact) mass is 271 g/mol. The Morgan fingerprint density at radius 1 is 1.26 bits per heavy atom. The number of nitrogens with one attached hydrogen (secondary N) is 1. The number of likely N-dealkylation sites (N-methyl/N-ethyl adjacent to an activating group) is 1. The summed E-state index contributed by atoms with van der Waals surface area (Å²) in [6.45, 7) is 3.17. The molecule has 0 aromatic heterocycles. The Hall–Kier alpha value is -1.49. The van der Waals surface area contributed by atoms with Gasteiger partial charge in [0.05, 0.1) is 18.9 Å². The maximum absolute atomic E-state index is 13.3. The average Bonchev–Trinajstić information content (AvgIpc) is 2.42. The first kappa shape index (κ1) is 13.9. The molecule has 0 spiro atoms. The molecule has 0 saturated carbocycles. The van der Waals surface area contributed by atoms with E-state index in [4.69, 9.17) is 4.74 Å².